The highest BCUT2D eigenvalue weighted by molar-refractivity contribution is 7.92. The second kappa shape index (κ2) is 15.0. The molecule has 1 aliphatic heterocycles. The second-order valence-electron chi connectivity index (χ2n) is 9.45. The van der Waals surface area contributed by atoms with E-state index in [1.165, 1.54) is 38.6 Å². The van der Waals surface area contributed by atoms with E-state index in [0.29, 0.717) is 29.3 Å². The van der Waals surface area contributed by atoms with Crippen LogP contribution in [-0.4, -0.2) is 73.1 Å². The third-order valence-corrected chi connectivity index (χ3v) is 8.25. The number of hydrogen-bond donors (Lipinski definition) is 2. The smallest absolute Gasteiger partial charge is 0.264 e. The standard InChI is InChI=1S/C30H34N4O8S/c1-39-27-15-14-26(17-28(27)40-2)43(37,38)34(23-7-4-3-5-8-23)20-29(35)33-32-18-22-10-12-24(13-11-22)42-21-30(36)31-19-25-9-6-16-41-25/h3-5,7-8,10-15,17-18,25H,6,9,16,19-21H2,1-2H3,(H,31,36)(H,33,35)/b32-18-/t25-/m0/s1. The van der Waals surface area contributed by atoms with E-state index in [9.17, 15) is 18.0 Å². The minimum Gasteiger partial charge on any atom is -0.493 e. The summed E-state index contributed by atoms with van der Waals surface area (Å²) in [5, 5.41) is 6.75. The Morgan fingerprint density at radius 2 is 1.74 bits per heavy atom. The normalized spacial score (nSPS) is 14.7. The number of nitrogens with one attached hydrogen (secondary N) is 2. The Labute approximate surface area is 250 Å². The van der Waals surface area contributed by atoms with Crippen LogP contribution in [0.5, 0.6) is 17.2 Å². The molecule has 2 N–H and O–H groups in total. The van der Waals surface area contributed by atoms with Crippen molar-refractivity contribution in [3.8, 4) is 17.2 Å². The molecule has 4 rings (SSSR count). The van der Waals surface area contributed by atoms with Crippen LogP contribution in [0.15, 0.2) is 82.8 Å². The Morgan fingerprint density at radius 1 is 1.00 bits per heavy atom. The number of para-hydroxylation sites is 1. The summed E-state index contributed by atoms with van der Waals surface area (Å²) in [7, 11) is -1.32. The Kier molecular flexibility index (Phi) is 10.9. The van der Waals surface area contributed by atoms with Gasteiger partial charge in [0.2, 0.25) is 0 Å². The van der Waals surface area contributed by atoms with Gasteiger partial charge in [-0.25, -0.2) is 13.8 Å². The molecule has 1 aliphatic rings. The number of ether oxygens (including phenoxy) is 4. The summed E-state index contributed by atoms with van der Waals surface area (Å²) in [5.74, 6) is 0.210. The summed E-state index contributed by atoms with van der Waals surface area (Å²) in [6.45, 7) is 0.541. The van der Waals surface area contributed by atoms with Crippen molar-refractivity contribution in [3.63, 3.8) is 0 Å². The summed E-state index contributed by atoms with van der Waals surface area (Å²) in [6.07, 6.45) is 3.41. The Morgan fingerprint density at radius 3 is 2.42 bits per heavy atom. The maximum Gasteiger partial charge on any atom is 0.264 e. The summed E-state index contributed by atoms with van der Waals surface area (Å²) in [6, 6.07) is 19.2. The molecule has 228 valence electrons. The zero-order valence-corrected chi connectivity index (χ0v) is 24.7. The van der Waals surface area contributed by atoms with Crippen molar-refractivity contribution < 1.29 is 37.0 Å². The molecule has 2 amide bonds. The predicted molar refractivity (Wildman–Crippen MR) is 160 cm³/mol. The molecule has 1 saturated heterocycles. The van der Waals surface area contributed by atoms with Crippen molar-refractivity contribution in [1.82, 2.24) is 10.7 Å². The SMILES string of the molecule is COc1ccc(S(=O)(=O)N(CC(=O)N/N=C\c2ccc(OCC(=O)NC[C@@H]3CCCO3)cc2)c2ccccc2)cc1OC. The Balaban J connectivity index is 1.34. The van der Waals surface area contributed by atoms with E-state index in [1.807, 2.05) is 0 Å². The predicted octanol–water partition coefficient (Wildman–Crippen LogP) is 2.72. The molecule has 43 heavy (non-hydrogen) atoms. The van der Waals surface area contributed by atoms with E-state index < -0.39 is 22.5 Å². The monoisotopic (exact) mass is 610 g/mol. The molecule has 3 aromatic rings. The number of sulfonamides is 1. The number of hydrazone groups is 1. The van der Waals surface area contributed by atoms with E-state index in [0.717, 1.165) is 23.8 Å². The lowest BCUT2D eigenvalue weighted by Crippen LogP contribution is -2.39. The van der Waals surface area contributed by atoms with E-state index in [-0.39, 0.29) is 29.3 Å². The number of benzene rings is 3. The average molecular weight is 611 g/mol. The highest BCUT2D eigenvalue weighted by Gasteiger charge is 2.28. The number of rotatable bonds is 14. The van der Waals surface area contributed by atoms with Gasteiger partial charge in [-0.2, -0.15) is 5.10 Å². The quantitative estimate of drug-likeness (QED) is 0.209. The first-order valence-corrected chi connectivity index (χ1v) is 15.0. The largest absolute Gasteiger partial charge is 0.493 e. The lowest BCUT2D eigenvalue weighted by atomic mass is 10.2. The van der Waals surface area contributed by atoms with Crippen LogP contribution >= 0.6 is 0 Å². The summed E-state index contributed by atoms with van der Waals surface area (Å²) >= 11 is 0. The molecule has 0 radical (unpaired) electrons. The minimum atomic E-state index is -4.17. The first-order chi connectivity index (χ1) is 20.8. The number of carbonyl (C=O) groups excluding carboxylic acids is 2. The fourth-order valence-corrected chi connectivity index (χ4v) is 5.68. The summed E-state index contributed by atoms with van der Waals surface area (Å²) in [5.41, 5.74) is 3.32. The lowest BCUT2D eigenvalue weighted by molar-refractivity contribution is -0.123. The summed E-state index contributed by atoms with van der Waals surface area (Å²) < 4.78 is 49.7. The van der Waals surface area contributed by atoms with E-state index in [2.05, 4.69) is 15.8 Å². The van der Waals surface area contributed by atoms with Crippen LogP contribution in [0.4, 0.5) is 5.69 Å². The highest BCUT2D eigenvalue weighted by Crippen LogP contribution is 2.32. The van der Waals surface area contributed by atoms with Gasteiger partial charge in [-0.3, -0.25) is 13.9 Å². The molecule has 0 spiro atoms. The molecular weight excluding hydrogens is 576 g/mol. The van der Waals surface area contributed by atoms with Crippen LogP contribution in [0.25, 0.3) is 0 Å². The van der Waals surface area contributed by atoms with Gasteiger partial charge in [-0.1, -0.05) is 18.2 Å². The van der Waals surface area contributed by atoms with Crippen molar-refractivity contribution in [2.45, 2.75) is 23.8 Å². The molecular formula is C30H34N4O8S. The van der Waals surface area contributed by atoms with Crippen LogP contribution in [-0.2, 0) is 24.3 Å². The molecule has 3 aromatic carbocycles. The fraction of sp³-hybridized carbons (Fsp3) is 0.300. The third kappa shape index (κ3) is 8.69. The molecule has 12 nitrogen and oxygen atoms in total. The number of amides is 2. The first-order valence-electron chi connectivity index (χ1n) is 13.5. The number of hydrogen-bond acceptors (Lipinski definition) is 9. The Bertz CT molecular complexity index is 1510. The maximum absolute atomic E-state index is 13.6. The molecule has 1 heterocycles. The zero-order valence-electron chi connectivity index (χ0n) is 23.9. The van der Waals surface area contributed by atoms with Crippen molar-refractivity contribution in [2.75, 3.05) is 44.8 Å². The Hall–Kier alpha value is -4.62. The van der Waals surface area contributed by atoms with Gasteiger partial charge < -0.3 is 24.3 Å². The van der Waals surface area contributed by atoms with E-state index in [1.54, 1.807) is 54.6 Å². The minimum absolute atomic E-state index is 0.0615. The van der Waals surface area contributed by atoms with Gasteiger partial charge >= 0.3 is 0 Å². The van der Waals surface area contributed by atoms with Crippen LogP contribution < -0.4 is 29.3 Å². The van der Waals surface area contributed by atoms with Gasteiger partial charge in [0.05, 0.1) is 37.1 Å². The number of nitrogens with zero attached hydrogens (tertiary/aromatic N) is 2. The molecule has 0 bridgehead atoms. The van der Waals surface area contributed by atoms with Gasteiger partial charge in [0, 0.05) is 19.2 Å². The third-order valence-electron chi connectivity index (χ3n) is 6.48. The molecule has 1 fully saturated rings. The molecule has 0 saturated carbocycles. The van der Waals surface area contributed by atoms with Gasteiger partial charge in [0.1, 0.15) is 12.3 Å². The van der Waals surface area contributed by atoms with Crippen molar-refractivity contribution >= 4 is 33.7 Å². The van der Waals surface area contributed by atoms with Crippen LogP contribution in [0.1, 0.15) is 18.4 Å². The van der Waals surface area contributed by atoms with Crippen molar-refractivity contribution in [2.24, 2.45) is 5.10 Å². The first kappa shape index (κ1) is 31.3. The molecule has 13 heteroatoms. The van der Waals surface area contributed by atoms with Crippen molar-refractivity contribution in [3.05, 3.63) is 78.4 Å². The van der Waals surface area contributed by atoms with Crippen LogP contribution in [0, 0.1) is 0 Å². The molecule has 1 atom stereocenters. The lowest BCUT2D eigenvalue weighted by Gasteiger charge is -2.24. The van der Waals surface area contributed by atoms with Gasteiger partial charge in [-0.05, 0) is 66.9 Å². The average Bonchev–Trinajstić information content (AvgIpc) is 3.56. The van der Waals surface area contributed by atoms with Gasteiger partial charge in [0.15, 0.2) is 18.1 Å². The number of carbonyl (C=O) groups is 2. The molecule has 0 aromatic heterocycles. The number of anilines is 1. The zero-order chi connectivity index (χ0) is 30.7. The van der Waals surface area contributed by atoms with E-state index >= 15 is 0 Å². The fourth-order valence-electron chi connectivity index (χ4n) is 4.24. The van der Waals surface area contributed by atoms with Gasteiger partial charge in [-0.15, -0.1) is 0 Å². The van der Waals surface area contributed by atoms with Crippen molar-refractivity contribution in [1.29, 1.82) is 0 Å². The maximum atomic E-state index is 13.6. The second-order valence-corrected chi connectivity index (χ2v) is 11.3. The molecule has 0 aliphatic carbocycles. The van der Waals surface area contributed by atoms with Gasteiger partial charge in [0.25, 0.3) is 21.8 Å². The van der Waals surface area contributed by atoms with Crippen LogP contribution in [0.2, 0.25) is 0 Å². The van der Waals surface area contributed by atoms with E-state index in [4.69, 9.17) is 18.9 Å². The van der Waals surface area contributed by atoms with Crippen LogP contribution in [0.3, 0.4) is 0 Å². The topological polar surface area (TPSA) is 145 Å². The highest BCUT2D eigenvalue weighted by atomic mass is 32.2. The summed E-state index contributed by atoms with van der Waals surface area (Å²) in [4.78, 5) is 24.7. The molecule has 0 unspecified atom stereocenters. The number of methoxy groups -OCH3 is 2.